The van der Waals surface area contributed by atoms with E-state index in [1.807, 2.05) is 0 Å². The van der Waals surface area contributed by atoms with Crippen LogP contribution < -0.4 is 0 Å². The van der Waals surface area contributed by atoms with Gasteiger partial charge in [-0.3, -0.25) is 0 Å². The lowest BCUT2D eigenvalue weighted by Crippen LogP contribution is -2.61. The molecular formula is C8H16O5. The van der Waals surface area contributed by atoms with E-state index in [2.05, 4.69) is 0 Å². The van der Waals surface area contributed by atoms with Gasteiger partial charge in [0.1, 0.15) is 25.1 Å². The molecule has 1 fully saturated rings. The molecule has 1 saturated heterocycles. The molecule has 1 aliphatic rings. The van der Waals surface area contributed by atoms with Crippen molar-refractivity contribution in [3.05, 3.63) is 0 Å². The van der Waals surface area contributed by atoms with Crippen molar-refractivity contribution in [2.24, 2.45) is 0 Å². The van der Waals surface area contributed by atoms with Crippen LogP contribution in [-0.2, 0) is 9.47 Å². The lowest BCUT2D eigenvalue weighted by Gasteiger charge is -2.45. The van der Waals surface area contributed by atoms with Crippen molar-refractivity contribution in [3.8, 4) is 0 Å². The van der Waals surface area contributed by atoms with Gasteiger partial charge >= 0.3 is 0 Å². The number of ether oxygens (including phenoxy) is 2. The molecule has 0 bridgehead atoms. The summed E-state index contributed by atoms with van der Waals surface area (Å²) in [4.78, 5) is 0. The highest BCUT2D eigenvalue weighted by atomic mass is 16.7. The van der Waals surface area contributed by atoms with E-state index in [1.54, 1.807) is 6.92 Å². The molecule has 0 spiro atoms. The summed E-state index contributed by atoms with van der Waals surface area (Å²) in [6.45, 7) is 2.86. The minimum Gasteiger partial charge on any atom is -0.391 e. The molecule has 78 valence electrons. The van der Waals surface area contributed by atoms with Gasteiger partial charge in [0.15, 0.2) is 0 Å². The first kappa shape index (κ1) is 10.9. The Labute approximate surface area is 76.9 Å². The molecule has 0 amide bonds. The third-order valence-electron chi connectivity index (χ3n) is 2.26. The monoisotopic (exact) mass is 192 g/mol. The predicted molar refractivity (Wildman–Crippen MR) is 44.0 cm³/mol. The Bertz CT molecular complexity index is 161. The van der Waals surface area contributed by atoms with E-state index >= 15 is 0 Å². The number of hydrogen-bond acceptors (Lipinski definition) is 5. The highest BCUT2D eigenvalue weighted by Crippen LogP contribution is 2.27. The average molecular weight is 192 g/mol. The summed E-state index contributed by atoms with van der Waals surface area (Å²) >= 11 is 0. The minimum absolute atomic E-state index is 0.148. The summed E-state index contributed by atoms with van der Waals surface area (Å²) in [5.41, 5.74) is 0. The van der Waals surface area contributed by atoms with Crippen molar-refractivity contribution in [2.45, 2.75) is 44.4 Å². The molecule has 1 rings (SSSR count). The lowest BCUT2D eigenvalue weighted by molar-refractivity contribution is -0.285. The molecule has 5 atom stereocenters. The topological polar surface area (TPSA) is 79.2 Å². The Hall–Kier alpha value is -0.200. The second-order valence-electron chi connectivity index (χ2n) is 3.30. The van der Waals surface area contributed by atoms with Gasteiger partial charge < -0.3 is 24.8 Å². The van der Waals surface area contributed by atoms with E-state index in [0.29, 0.717) is 0 Å². The van der Waals surface area contributed by atoms with Gasteiger partial charge in [-0.05, 0) is 13.8 Å². The fourth-order valence-electron chi connectivity index (χ4n) is 1.45. The van der Waals surface area contributed by atoms with Gasteiger partial charge in [0.25, 0.3) is 0 Å². The second kappa shape index (κ2) is 4.34. The zero-order chi connectivity index (χ0) is 10.0. The molecule has 0 radical (unpaired) electrons. The van der Waals surface area contributed by atoms with Crippen molar-refractivity contribution >= 4 is 0 Å². The van der Waals surface area contributed by atoms with Crippen LogP contribution in [0.15, 0.2) is 0 Å². The molecule has 5 nitrogen and oxygen atoms in total. The van der Waals surface area contributed by atoms with Crippen molar-refractivity contribution < 1.29 is 24.8 Å². The SMILES string of the molecule is CC(O)C(O)C1OC(C)C1OCO. The van der Waals surface area contributed by atoms with Crippen LogP contribution in [0.5, 0.6) is 0 Å². The first-order chi connectivity index (χ1) is 6.07. The Morgan fingerprint density at radius 3 is 2.46 bits per heavy atom. The second-order valence-corrected chi connectivity index (χ2v) is 3.30. The number of aliphatic hydroxyl groups excluding tert-OH is 3. The molecule has 5 unspecified atom stereocenters. The van der Waals surface area contributed by atoms with Gasteiger partial charge in [0, 0.05) is 0 Å². The molecule has 0 saturated carbocycles. The van der Waals surface area contributed by atoms with Crippen molar-refractivity contribution in [2.75, 3.05) is 6.79 Å². The average Bonchev–Trinajstić information content (AvgIpc) is 2.09. The van der Waals surface area contributed by atoms with E-state index in [9.17, 15) is 5.11 Å². The van der Waals surface area contributed by atoms with Crippen LogP contribution in [0.3, 0.4) is 0 Å². The summed E-state index contributed by atoms with van der Waals surface area (Å²) in [5.74, 6) is 0. The normalized spacial score (nSPS) is 38.1. The molecule has 1 aliphatic heterocycles. The number of aliphatic hydroxyl groups is 3. The van der Waals surface area contributed by atoms with Gasteiger partial charge in [0.05, 0.1) is 12.2 Å². The van der Waals surface area contributed by atoms with Gasteiger partial charge in [-0.15, -0.1) is 0 Å². The molecule has 0 aromatic rings. The van der Waals surface area contributed by atoms with Crippen molar-refractivity contribution in [1.82, 2.24) is 0 Å². The lowest BCUT2D eigenvalue weighted by atomic mass is 9.94. The Morgan fingerprint density at radius 2 is 2.08 bits per heavy atom. The molecular weight excluding hydrogens is 176 g/mol. The first-order valence-electron chi connectivity index (χ1n) is 4.32. The Morgan fingerprint density at radius 1 is 1.46 bits per heavy atom. The van der Waals surface area contributed by atoms with E-state index in [-0.39, 0.29) is 12.2 Å². The molecule has 13 heavy (non-hydrogen) atoms. The summed E-state index contributed by atoms with van der Waals surface area (Å²) in [5, 5.41) is 27.0. The highest BCUT2D eigenvalue weighted by molar-refractivity contribution is 4.93. The van der Waals surface area contributed by atoms with Gasteiger partial charge in [-0.25, -0.2) is 0 Å². The van der Waals surface area contributed by atoms with Crippen LogP contribution in [0.4, 0.5) is 0 Å². The standard InChI is InChI=1S/C8H16O5/c1-4(10)6(11)8-7(12-3-9)5(2)13-8/h4-11H,3H2,1-2H3. The van der Waals surface area contributed by atoms with Gasteiger partial charge in [-0.2, -0.15) is 0 Å². The maximum absolute atomic E-state index is 9.42. The first-order valence-corrected chi connectivity index (χ1v) is 4.32. The van der Waals surface area contributed by atoms with Crippen LogP contribution in [-0.4, -0.2) is 52.6 Å². The zero-order valence-corrected chi connectivity index (χ0v) is 7.75. The Balaban J connectivity index is 2.43. The minimum atomic E-state index is -0.965. The third-order valence-corrected chi connectivity index (χ3v) is 2.26. The van der Waals surface area contributed by atoms with Crippen LogP contribution in [0.25, 0.3) is 0 Å². The third kappa shape index (κ3) is 2.18. The highest BCUT2D eigenvalue weighted by Gasteiger charge is 2.46. The zero-order valence-electron chi connectivity index (χ0n) is 7.75. The van der Waals surface area contributed by atoms with Gasteiger partial charge in [-0.1, -0.05) is 0 Å². The van der Waals surface area contributed by atoms with Crippen LogP contribution >= 0.6 is 0 Å². The predicted octanol–water partition coefficient (Wildman–Crippen LogP) is -1.15. The fourth-order valence-corrected chi connectivity index (χ4v) is 1.45. The molecule has 3 N–H and O–H groups in total. The van der Waals surface area contributed by atoms with E-state index in [4.69, 9.17) is 19.7 Å². The molecule has 1 heterocycles. The number of hydrogen-bond donors (Lipinski definition) is 3. The fraction of sp³-hybridized carbons (Fsp3) is 1.00. The van der Waals surface area contributed by atoms with E-state index in [1.165, 1.54) is 6.92 Å². The summed E-state index contributed by atoms with van der Waals surface area (Å²) in [7, 11) is 0. The van der Waals surface area contributed by atoms with Gasteiger partial charge in [0.2, 0.25) is 0 Å². The smallest absolute Gasteiger partial charge is 0.144 e. The van der Waals surface area contributed by atoms with Crippen LogP contribution in [0.2, 0.25) is 0 Å². The number of rotatable bonds is 4. The quantitative estimate of drug-likeness (QED) is 0.490. The molecule has 0 aromatic carbocycles. The summed E-state index contributed by atoms with van der Waals surface area (Å²) in [6, 6.07) is 0. The molecule has 0 aliphatic carbocycles. The van der Waals surface area contributed by atoms with Crippen LogP contribution in [0, 0.1) is 0 Å². The van der Waals surface area contributed by atoms with E-state index in [0.717, 1.165) is 0 Å². The molecule has 0 aromatic heterocycles. The van der Waals surface area contributed by atoms with Crippen molar-refractivity contribution in [1.29, 1.82) is 0 Å². The maximum atomic E-state index is 9.42. The largest absolute Gasteiger partial charge is 0.391 e. The molecule has 5 heteroatoms. The van der Waals surface area contributed by atoms with Crippen molar-refractivity contribution in [3.63, 3.8) is 0 Å². The Kier molecular flexibility index (Phi) is 3.63. The van der Waals surface area contributed by atoms with E-state index < -0.39 is 25.1 Å². The summed E-state index contributed by atoms with van der Waals surface area (Å²) in [6.07, 6.45) is -2.85. The van der Waals surface area contributed by atoms with Crippen LogP contribution in [0.1, 0.15) is 13.8 Å². The summed E-state index contributed by atoms with van der Waals surface area (Å²) < 4.78 is 10.1. The maximum Gasteiger partial charge on any atom is 0.144 e.